The highest BCUT2D eigenvalue weighted by atomic mass is 35.5. The molecule has 2 saturated heterocycles. The van der Waals surface area contributed by atoms with E-state index < -0.39 is 10.0 Å². The smallest absolute Gasteiger partial charge is 0.253 e. The molecule has 0 aromatic heterocycles. The number of hydrogen-bond donors (Lipinski definition) is 2. The fraction of sp³-hybridized carbons (Fsp3) is 0.611. The molecule has 0 unspecified atom stereocenters. The molecule has 1 amide bonds. The average molecular weight is 402 g/mol. The van der Waals surface area contributed by atoms with Gasteiger partial charge in [-0.15, -0.1) is 12.4 Å². The molecule has 0 bridgehead atoms. The van der Waals surface area contributed by atoms with Crippen molar-refractivity contribution < 1.29 is 13.2 Å². The highest BCUT2D eigenvalue weighted by Gasteiger charge is 2.31. The van der Waals surface area contributed by atoms with Gasteiger partial charge in [-0.05, 0) is 69.8 Å². The number of nitrogens with zero attached hydrogens (tertiary/aromatic N) is 1. The SMILES string of the molecule is CC(C)NS(=O)(=O)c1cccc(C(=O)N2CC[C@@H]3CNC[C@@H]3CC2)c1.Cl. The van der Waals surface area contributed by atoms with Crippen LogP contribution in [0, 0.1) is 11.8 Å². The molecule has 2 atom stereocenters. The second kappa shape index (κ2) is 8.69. The number of amides is 1. The Kier molecular flexibility index (Phi) is 7.07. The van der Waals surface area contributed by atoms with Crippen molar-refractivity contribution in [3.8, 4) is 0 Å². The van der Waals surface area contributed by atoms with Gasteiger partial charge >= 0.3 is 0 Å². The summed E-state index contributed by atoms with van der Waals surface area (Å²) in [7, 11) is -3.59. The molecule has 8 heteroatoms. The molecule has 1 aromatic rings. The normalized spacial score (nSPS) is 23.3. The molecule has 2 N–H and O–H groups in total. The Balaban J connectivity index is 0.00000243. The molecular formula is C18H28ClN3O3S. The number of sulfonamides is 1. The lowest BCUT2D eigenvalue weighted by atomic mass is 9.92. The lowest BCUT2D eigenvalue weighted by Gasteiger charge is -2.21. The van der Waals surface area contributed by atoms with Gasteiger partial charge in [0.05, 0.1) is 4.90 Å². The molecule has 0 radical (unpaired) electrons. The standard InChI is InChI=1S/C18H27N3O3S.ClH/c1-13(2)20-25(23,24)17-5-3-4-14(10-17)18(22)21-8-6-15-11-19-12-16(15)7-9-21;/h3-5,10,13,15-16,19-20H,6-9,11-12H2,1-2H3;1H/t15-,16+;. The molecule has 0 spiro atoms. The number of carbonyl (C=O) groups excluding carboxylic acids is 1. The van der Waals surface area contributed by atoms with E-state index in [0.29, 0.717) is 17.4 Å². The minimum absolute atomic E-state index is 0. The highest BCUT2D eigenvalue weighted by molar-refractivity contribution is 7.89. The third-order valence-corrected chi connectivity index (χ3v) is 6.74. The molecule has 2 heterocycles. The first-order valence-electron chi connectivity index (χ1n) is 8.99. The van der Waals surface area contributed by atoms with Gasteiger partial charge in [-0.25, -0.2) is 13.1 Å². The predicted octanol–water partition coefficient (Wildman–Crippen LogP) is 1.87. The summed E-state index contributed by atoms with van der Waals surface area (Å²) < 4.78 is 27.2. The van der Waals surface area contributed by atoms with Crippen LogP contribution in [-0.4, -0.2) is 51.4 Å². The average Bonchev–Trinajstić information content (AvgIpc) is 2.92. The number of hydrogen-bond acceptors (Lipinski definition) is 4. The van der Waals surface area contributed by atoms with Crippen LogP contribution in [0.15, 0.2) is 29.2 Å². The molecule has 0 aliphatic carbocycles. The van der Waals surface area contributed by atoms with Gasteiger partial charge in [0.1, 0.15) is 0 Å². The molecule has 0 saturated carbocycles. The van der Waals surface area contributed by atoms with Crippen molar-refractivity contribution in [1.29, 1.82) is 0 Å². The summed E-state index contributed by atoms with van der Waals surface area (Å²) >= 11 is 0. The Morgan fingerprint density at radius 1 is 1.19 bits per heavy atom. The van der Waals surface area contributed by atoms with E-state index in [4.69, 9.17) is 0 Å². The maximum Gasteiger partial charge on any atom is 0.253 e. The van der Waals surface area contributed by atoms with E-state index in [2.05, 4.69) is 10.0 Å². The minimum Gasteiger partial charge on any atom is -0.339 e. The van der Waals surface area contributed by atoms with Crippen LogP contribution in [0.3, 0.4) is 0 Å². The van der Waals surface area contributed by atoms with Crippen molar-refractivity contribution in [2.75, 3.05) is 26.2 Å². The monoisotopic (exact) mass is 401 g/mol. The topological polar surface area (TPSA) is 78.5 Å². The van der Waals surface area contributed by atoms with Crippen molar-refractivity contribution in [2.45, 2.75) is 37.6 Å². The van der Waals surface area contributed by atoms with Crippen LogP contribution in [-0.2, 0) is 10.0 Å². The first kappa shape index (κ1) is 21.2. The van der Waals surface area contributed by atoms with Crippen LogP contribution in [0.25, 0.3) is 0 Å². The maximum atomic E-state index is 12.9. The number of halogens is 1. The zero-order valence-electron chi connectivity index (χ0n) is 15.3. The van der Waals surface area contributed by atoms with Crippen LogP contribution in [0.1, 0.15) is 37.0 Å². The summed E-state index contributed by atoms with van der Waals surface area (Å²) in [4.78, 5) is 14.9. The summed E-state index contributed by atoms with van der Waals surface area (Å²) in [5, 5.41) is 3.43. The van der Waals surface area contributed by atoms with Crippen LogP contribution in [0.5, 0.6) is 0 Å². The second-order valence-corrected chi connectivity index (χ2v) is 9.07. The lowest BCUT2D eigenvalue weighted by molar-refractivity contribution is 0.0758. The third-order valence-electron chi connectivity index (χ3n) is 5.09. The molecule has 146 valence electrons. The Hall–Kier alpha value is -1.15. The van der Waals surface area contributed by atoms with Gasteiger partial charge in [0.2, 0.25) is 10.0 Å². The number of benzene rings is 1. The molecular weight excluding hydrogens is 374 g/mol. The van der Waals surface area contributed by atoms with Crippen molar-refractivity contribution in [3.05, 3.63) is 29.8 Å². The largest absolute Gasteiger partial charge is 0.339 e. The van der Waals surface area contributed by atoms with Gasteiger partial charge in [0.15, 0.2) is 0 Å². The first-order chi connectivity index (χ1) is 11.9. The second-order valence-electron chi connectivity index (χ2n) is 7.35. The number of likely N-dealkylation sites (tertiary alicyclic amines) is 1. The summed E-state index contributed by atoms with van der Waals surface area (Å²) in [5.74, 6) is 1.23. The molecule has 2 aliphatic rings. The van der Waals surface area contributed by atoms with E-state index in [-0.39, 0.29) is 29.3 Å². The third kappa shape index (κ3) is 4.76. The van der Waals surface area contributed by atoms with Crippen LogP contribution >= 0.6 is 12.4 Å². The van der Waals surface area contributed by atoms with E-state index in [1.807, 2.05) is 4.90 Å². The van der Waals surface area contributed by atoms with Gasteiger partial charge in [-0.2, -0.15) is 0 Å². The summed E-state index contributed by atoms with van der Waals surface area (Å²) in [5.41, 5.74) is 0.441. The molecule has 2 fully saturated rings. The van der Waals surface area contributed by atoms with E-state index in [9.17, 15) is 13.2 Å². The van der Waals surface area contributed by atoms with E-state index in [1.165, 1.54) is 12.1 Å². The fourth-order valence-electron chi connectivity index (χ4n) is 3.78. The van der Waals surface area contributed by atoms with E-state index in [1.54, 1.807) is 26.0 Å². The molecule has 26 heavy (non-hydrogen) atoms. The fourth-order valence-corrected chi connectivity index (χ4v) is 5.07. The van der Waals surface area contributed by atoms with Crippen LogP contribution in [0.2, 0.25) is 0 Å². The Morgan fingerprint density at radius 2 is 1.81 bits per heavy atom. The van der Waals surface area contributed by atoms with Crippen LogP contribution in [0.4, 0.5) is 0 Å². The van der Waals surface area contributed by atoms with E-state index >= 15 is 0 Å². The Bertz CT molecular complexity index is 725. The number of carbonyl (C=O) groups is 1. The minimum atomic E-state index is -3.59. The summed E-state index contributed by atoms with van der Waals surface area (Å²) in [6, 6.07) is 6.16. The van der Waals surface area contributed by atoms with Gasteiger partial charge < -0.3 is 10.2 Å². The zero-order valence-corrected chi connectivity index (χ0v) is 16.9. The Labute approximate surface area is 162 Å². The van der Waals surface area contributed by atoms with Gasteiger partial charge in [0, 0.05) is 24.7 Å². The number of rotatable bonds is 4. The number of fused-ring (bicyclic) bond motifs is 1. The van der Waals surface area contributed by atoms with Gasteiger partial charge in [0.25, 0.3) is 5.91 Å². The zero-order chi connectivity index (χ0) is 18.0. The Morgan fingerprint density at radius 3 is 2.38 bits per heavy atom. The summed E-state index contributed by atoms with van der Waals surface area (Å²) in [6.45, 7) is 7.11. The molecule has 3 rings (SSSR count). The van der Waals surface area contributed by atoms with Crippen molar-refractivity contribution >= 4 is 28.3 Å². The van der Waals surface area contributed by atoms with Crippen molar-refractivity contribution in [3.63, 3.8) is 0 Å². The van der Waals surface area contributed by atoms with Gasteiger partial charge in [-0.3, -0.25) is 4.79 Å². The first-order valence-corrected chi connectivity index (χ1v) is 10.5. The molecule has 6 nitrogen and oxygen atoms in total. The highest BCUT2D eigenvalue weighted by Crippen LogP contribution is 2.27. The maximum absolute atomic E-state index is 12.9. The predicted molar refractivity (Wildman–Crippen MR) is 104 cm³/mol. The summed E-state index contributed by atoms with van der Waals surface area (Å²) in [6.07, 6.45) is 2.02. The quantitative estimate of drug-likeness (QED) is 0.807. The van der Waals surface area contributed by atoms with Crippen molar-refractivity contribution in [2.24, 2.45) is 11.8 Å². The van der Waals surface area contributed by atoms with Gasteiger partial charge in [-0.1, -0.05) is 6.07 Å². The van der Waals surface area contributed by atoms with Crippen molar-refractivity contribution in [1.82, 2.24) is 14.9 Å². The van der Waals surface area contributed by atoms with E-state index in [0.717, 1.165) is 39.0 Å². The molecule has 2 aliphatic heterocycles. The van der Waals surface area contributed by atoms with Crippen LogP contribution < -0.4 is 10.0 Å². The lowest BCUT2D eigenvalue weighted by Crippen LogP contribution is -2.33. The number of nitrogens with one attached hydrogen (secondary N) is 2. The molecule has 1 aromatic carbocycles.